The average Bonchev–Trinajstić information content (AvgIpc) is 3.59. The van der Waals surface area contributed by atoms with Gasteiger partial charge in [0.25, 0.3) is 0 Å². The molecule has 0 amide bonds. The van der Waals surface area contributed by atoms with Crippen LogP contribution in [0.4, 0.5) is 0 Å². The van der Waals surface area contributed by atoms with Gasteiger partial charge in [-0.3, -0.25) is 0 Å². The molecule has 2 atom stereocenters. The van der Waals surface area contributed by atoms with Crippen molar-refractivity contribution < 1.29 is 24.9 Å². The summed E-state index contributed by atoms with van der Waals surface area (Å²) in [6.07, 6.45) is 4.36. The van der Waals surface area contributed by atoms with E-state index in [2.05, 4.69) is 57.2 Å². The van der Waals surface area contributed by atoms with Gasteiger partial charge in [-0.2, -0.15) is 0 Å². The highest BCUT2D eigenvalue weighted by Gasteiger charge is 2.53. The van der Waals surface area contributed by atoms with Crippen molar-refractivity contribution in [3.8, 4) is 16.9 Å². The monoisotopic (exact) mass is 513 g/mol. The Kier molecular flexibility index (Phi) is 7.34. The third-order valence-corrected chi connectivity index (χ3v) is 8.69. The lowest BCUT2D eigenvalue weighted by Gasteiger charge is -2.20. The molecule has 1 fully saturated rings. The topological polar surface area (TPSA) is 89.8 Å². The van der Waals surface area contributed by atoms with E-state index < -0.39 is 12.1 Å². The van der Waals surface area contributed by atoms with Crippen molar-refractivity contribution in [2.75, 3.05) is 13.2 Å². The van der Waals surface area contributed by atoms with Crippen LogP contribution in [0.3, 0.4) is 0 Å². The van der Waals surface area contributed by atoms with Gasteiger partial charge >= 0.3 is 0 Å². The first kappa shape index (κ1) is 26.5. The van der Waals surface area contributed by atoms with Crippen molar-refractivity contribution >= 4 is 5.97 Å². The first-order chi connectivity index (χ1) is 18.2. The minimum atomic E-state index is -0.943. The smallest absolute Gasteiger partial charge is 0.120 e. The first-order valence-corrected chi connectivity index (χ1v) is 13.6. The third-order valence-electron chi connectivity index (χ3n) is 8.69. The van der Waals surface area contributed by atoms with Crippen LogP contribution in [0, 0.1) is 26.2 Å². The predicted molar refractivity (Wildman–Crippen MR) is 146 cm³/mol. The van der Waals surface area contributed by atoms with Gasteiger partial charge in [-0.1, -0.05) is 36.4 Å². The molecule has 5 nitrogen and oxygen atoms in total. The Labute approximate surface area is 225 Å². The molecule has 0 saturated heterocycles. The molecule has 0 aliphatic heterocycles. The number of benzene rings is 3. The Balaban J connectivity index is 1.33. The van der Waals surface area contributed by atoms with Gasteiger partial charge in [-0.25, -0.2) is 0 Å². The summed E-state index contributed by atoms with van der Waals surface area (Å²) in [5.41, 5.74) is 11.2. The van der Waals surface area contributed by atoms with Crippen LogP contribution in [0.15, 0.2) is 48.5 Å². The number of carbonyl (C=O) groups is 1. The number of aliphatic hydroxyl groups excluding tert-OH is 2. The van der Waals surface area contributed by atoms with Gasteiger partial charge in [0, 0.05) is 5.97 Å². The zero-order valence-corrected chi connectivity index (χ0v) is 22.5. The molecule has 1 unspecified atom stereocenters. The van der Waals surface area contributed by atoms with Crippen molar-refractivity contribution in [2.24, 2.45) is 5.41 Å². The summed E-state index contributed by atoms with van der Waals surface area (Å²) in [6, 6.07) is 17.2. The number of aliphatic carboxylic acids is 1. The van der Waals surface area contributed by atoms with E-state index in [4.69, 9.17) is 9.84 Å². The van der Waals surface area contributed by atoms with E-state index in [-0.39, 0.29) is 31.0 Å². The van der Waals surface area contributed by atoms with Crippen molar-refractivity contribution in [3.63, 3.8) is 0 Å². The van der Waals surface area contributed by atoms with Gasteiger partial charge in [0.05, 0.1) is 6.61 Å². The van der Waals surface area contributed by atoms with Gasteiger partial charge in [0.2, 0.25) is 0 Å². The molecule has 0 radical (unpaired) electrons. The normalized spacial score (nSPS) is 17.9. The molecule has 2 aliphatic carbocycles. The molecule has 5 heteroatoms. The number of carboxylic acids is 1. The highest BCUT2D eigenvalue weighted by Crippen LogP contribution is 2.64. The Bertz CT molecular complexity index is 1330. The Hall–Kier alpha value is -3.15. The SMILES string of the molecule is Cc1cc(OC[C@H](O)CO)cc(C)c1-c1cccc(CCc2ccc3c(c2)CC2(CC2)C3CC(=O)[O-])c1C. The van der Waals surface area contributed by atoms with Crippen molar-refractivity contribution in [2.45, 2.75) is 71.3 Å². The van der Waals surface area contributed by atoms with Gasteiger partial charge in [0.15, 0.2) is 0 Å². The van der Waals surface area contributed by atoms with Crippen molar-refractivity contribution in [3.05, 3.63) is 87.5 Å². The minimum absolute atomic E-state index is 0.0599. The van der Waals surface area contributed by atoms with Gasteiger partial charge in [0.1, 0.15) is 18.5 Å². The number of rotatable bonds is 10. The van der Waals surface area contributed by atoms with E-state index in [0.717, 1.165) is 43.2 Å². The Morgan fingerprint density at radius 3 is 2.47 bits per heavy atom. The number of carbonyl (C=O) groups excluding carboxylic acids is 1. The quantitative estimate of drug-likeness (QED) is 0.421. The Morgan fingerprint density at radius 1 is 1.08 bits per heavy atom. The molecule has 38 heavy (non-hydrogen) atoms. The third kappa shape index (κ3) is 5.23. The summed E-state index contributed by atoms with van der Waals surface area (Å²) in [5.74, 6) is -0.142. The predicted octanol–water partition coefficient (Wildman–Crippen LogP) is 4.36. The van der Waals surface area contributed by atoms with E-state index >= 15 is 0 Å². The van der Waals surface area contributed by atoms with Crippen LogP contribution in [0.1, 0.15) is 64.1 Å². The molecule has 0 heterocycles. The van der Waals surface area contributed by atoms with Crippen molar-refractivity contribution in [1.29, 1.82) is 0 Å². The minimum Gasteiger partial charge on any atom is -0.550 e. The maximum atomic E-state index is 11.4. The van der Waals surface area contributed by atoms with Gasteiger partial charge < -0.3 is 24.9 Å². The highest BCUT2D eigenvalue weighted by atomic mass is 16.5. The summed E-state index contributed by atoms with van der Waals surface area (Å²) >= 11 is 0. The zero-order valence-electron chi connectivity index (χ0n) is 22.5. The van der Waals surface area contributed by atoms with Crippen LogP contribution in [0.2, 0.25) is 0 Å². The molecule has 0 aromatic heterocycles. The highest BCUT2D eigenvalue weighted by molar-refractivity contribution is 5.75. The summed E-state index contributed by atoms with van der Waals surface area (Å²) < 4.78 is 5.68. The molecule has 5 rings (SSSR count). The number of fused-ring (bicyclic) bond motifs is 1. The molecule has 1 saturated carbocycles. The van der Waals surface area contributed by atoms with E-state index in [1.54, 1.807) is 0 Å². The van der Waals surface area contributed by atoms with E-state index in [9.17, 15) is 15.0 Å². The van der Waals surface area contributed by atoms with E-state index in [1.807, 2.05) is 12.1 Å². The second-order valence-electron chi connectivity index (χ2n) is 11.4. The second-order valence-corrected chi connectivity index (χ2v) is 11.4. The molecule has 1 spiro atoms. The standard InChI is InChI=1S/C33H38O5/c1-20-13-27(38-19-26(35)18-34)14-21(2)32(20)28-6-4-5-24(22(28)3)9-7-23-8-10-29-25(15-23)17-33(11-12-33)30(29)16-31(36)37/h4-6,8,10,13-15,26,30,34-35H,7,9,11-12,16-19H2,1-3H3,(H,36,37)/p-1/t26-,30?/m1/s1. The molecular formula is C33H37O5-. The molecule has 2 N–H and O–H groups in total. The van der Waals surface area contributed by atoms with Crippen LogP contribution in [0.25, 0.3) is 11.1 Å². The second kappa shape index (κ2) is 10.5. The molecular weight excluding hydrogens is 476 g/mol. The molecule has 3 aromatic rings. The number of carboxylic acid groups (broad SMARTS) is 1. The summed E-state index contributed by atoms with van der Waals surface area (Å²) in [6.45, 7) is 6.08. The van der Waals surface area contributed by atoms with Gasteiger partial charge in [-0.15, -0.1) is 0 Å². The average molecular weight is 514 g/mol. The van der Waals surface area contributed by atoms with E-state index in [0.29, 0.717) is 5.75 Å². The van der Waals surface area contributed by atoms with Gasteiger partial charge in [-0.05, 0) is 133 Å². The maximum Gasteiger partial charge on any atom is 0.120 e. The number of hydrogen-bond donors (Lipinski definition) is 2. The van der Waals surface area contributed by atoms with Crippen LogP contribution in [-0.4, -0.2) is 35.5 Å². The first-order valence-electron chi connectivity index (χ1n) is 13.6. The largest absolute Gasteiger partial charge is 0.550 e. The maximum absolute atomic E-state index is 11.4. The fourth-order valence-corrected chi connectivity index (χ4v) is 6.50. The van der Waals surface area contributed by atoms with E-state index in [1.165, 1.54) is 38.9 Å². The summed E-state index contributed by atoms with van der Waals surface area (Å²) in [5, 5.41) is 30.0. The number of hydrogen-bond acceptors (Lipinski definition) is 5. The van der Waals surface area contributed by atoms with Crippen molar-refractivity contribution in [1.82, 2.24) is 0 Å². The molecule has 2 aliphatic rings. The molecule has 3 aromatic carbocycles. The number of aliphatic hydroxyl groups is 2. The molecule has 0 bridgehead atoms. The van der Waals surface area contributed by atoms with Crippen LogP contribution in [-0.2, 0) is 24.1 Å². The van der Waals surface area contributed by atoms with Crippen LogP contribution < -0.4 is 9.84 Å². The lowest BCUT2D eigenvalue weighted by atomic mass is 9.86. The zero-order chi connectivity index (χ0) is 27.0. The number of aryl methyl sites for hydroxylation is 4. The lowest BCUT2D eigenvalue weighted by molar-refractivity contribution is -0.306. The summed E-state index contributed by atoms with van der Waals surface area (Å²) in [7, 11) is 0. The number of ether oxygens (including phenoxy) is 1. The molecule has 200 valence electrons. The Morgan fingerprint density at radius 2 is 1.82 bits per heavy atom. The fraction of sp³-hybridized carbons (Fsp3) is 0.424. The summed E-state index contributed by atoms with van der Waals surface area (Å²) in [4.78, 5) is 11.4. The lowest BCUT2D eigenvalue weighted by Crippen LogP contribution is -2.26. The van der Waals surface area contributed by atoms with Crippen LogP contribution in [0.5, 0.6) is 5.75 Å². The van der Waals surface area contributed by atoms with Crippen LogP contribution >= 0.6 is 0 Å². The fourth-order valence-electron chi connectivity index (χ4n) is 6.50.